The van der Waals surface area contributed by atoms with E-state index in [2.05, 4.69) is 0 Å². The van der Waals surface area contributed by atoms with E-state index in [1.54, 1.807) is 30.0 Å². The van der Waals surface area contributed by atoms with E-state index in [1.807, 2.05) is 0 Å². The molecular weight excluding hydrogens is 313 g/mol. The third kappa shape index (κ3) is 4.12. The van der Waals surface area contributed by atoms with Gasteiger partial charge in [-0.2, -0.15) is 0 Å². The number of piperidine rings is 1. The highest BCUT2D eigenvalue weighted by Gasteiger charge is 2.45. The molecular formula is C18H24FNO4. The summed E-state index contributed by atoms with van der Waals surface area (Å²) in [6.07, 6.45) is 1.45. The molecule has 0 unspecified atom stereocenters. The lowest BCUT2D eigenvalue weighted by Gasteiger charge is -2.41. The zero-order valence-electron chi connectivity index (χ0n) is 14.2. The Balaban J connectivity index is 2.28. The van der Waals surface area contributed by atoms with Gasteiger partial charge >= 0.3 is 5.97 Å². The van der Waals surface area contributed by atoms with Crippen LogP contribution in [0.3, 0.4) is 0 Å². The van der Waals surface area contributed by atoms with Crippen molar-refractivity contribution in [2.45, 2.75) is 26.2 Å². The molecule has 1 aromatic rings. The highest BCUT2D eigenvalue weighted by Crippen LogP contribution is 2.36. The Bertz CT molecular complexity index is 592. The number of benzene rings is 1. The quantitative estimate of drug-likeness (QED) is 0.747. The van der Waals surface area contributed by atoms with E-state index >= 15 is 0 Å². The molecule has 24 heavy (non-hydrogen) atoms. The maximum absolute atomic E-state index is 14.1. The maximum atomic E-state index is 14.1. The number of rotatable bonds is 6. The summed E-state index contributed by atoms with van der Waals surface area (Å²) < 4.78 is 24.2. The van der Waals surface area contributed by atoms with Crippen molar-refractivity contribution in [2.75, 3.05) is 33.4 Å². The standard InChI is InChI=1S/C18H24FNO4/c1-3-24-17(22)18(11-14-7-4-5-8-15(14)19)9-6-10-20(13-18)16(21)12-23-2/h4-5,7-8H,3,6,9-13H2,1-2H3/t18-/m0/s1. The zero-order chi connectivity index (χ0) is 17.6. The largest absolute Gasteiger partial charge is 0.466 e. The second-order valence-corrected chi connectivity index (χ2v) is 6.12. The van der Waals surface area contributed by atoms with Crippen LogP contribution in [0.1, 0.15) is 25.3 Å². The van der Waals surface area contributed by atoms with E-state index in [0.717, 1.165) is 0 Å². The minimum absolute atomic E-state index is 0.0292. The molecule has 0 aromatic heterocycles. The molecule has 1 aliphatic rings. The monoisotopic (exact) mass is 337 g/mol. The molecule has 132 valence electrons. The molecule has 0 bridgehead atoms. The molecule has 0 spiro atoms. The Labute approximate surface area is 141 Å². The van der Waals surface area contributed by atoms with E-state index in [-0.39, 0.29) is 43.9 Å². The van der Waals surface area contributed by atoms with Gasteiger partial charge in [-0.3, -0.25) is 9.59 Å². The number of nitrogens with zero attached hydrogens (tertiary/aromatic N) is 1. The topological polar surface area (TPSA) is 55.8 Å². The van der Waals surface area contributed by atoms with Crippen molar-refractivity contribution in [1.29, 1.82) is 0 Å². The zero-order valence-corrected chi connectivity index (χ0v) is 14.2. The van der Waals surface area contributed by atoms with Gasteiger partial charge < -0.3 is 14.4 Å². The van der Waals surface area contributed by atoms with Crippen LogP contribution in [0, 0.1) is 11.2 Å². The third-order valence-electron chi connectivity index (χ3n) is 4.39. The molecule has 1 aliphatic heterocycles. The first-order valence-electron chi connectivity index (χ1n) is 8.20. The molecule has 5 nitrogen and oxygen atoms in total. The Morgan fingerprint density at radius 3 is 2.75 bits per heavy atom. The fourth-order valence-electron chi connectivity index (χ4n) is 3.23. The summed E-state index contributed by atoms with van der Waals surface area (Å²) in [4.78, 5) is 26.4. The van der Waals surface area contributed by atoms with Crippen molar-refractivity contribution < 1.29 is 23.5 Å². The summed E-state index contributed by atoms with van der Waals surface area (Å²) in [6.45, 7) is 2.76. The molecule has 1 fully saturated rings. The highest BCUT2D eigenvalue weighted by molar-refractivity contribution is 5.81. The summed E-state index contributed by atoms with van der Waals surface area (Å²) in [7, 11) is 1.46. The van der Waals surface area contributed by atoms with E-state index in [1.165, 1.54) is 13.2 Å². The van der Waals surface area contributed by atoms with Crippen LogP contribution in [0.5, 0.6) is 0 Å². The number of esters is 1. The molecule has 0 aliphatic carbocycles. The molecule has 1 saturated heterocycles. The third-order valence-corrected chi connectivity index (χ3v) is 4.39. The number of hydrogen-bond acceptors (Lipinski definition) is 4. The number of ether oxygens (including phenoxy) is 2. The second-order valence-electron chi connectivity index (χ2n) is 6.12. The van der Waals surface area contributed by atoms with Crippen LogP contribution in [0.25, 0.3) is 0 Å². The second kappa shape index (κ2) is 8.24. The fourth-order valence-corrected chi connectivity index (χ4v) is 3.23. The SMILES string of the molecule is CCOC(=O)[C@]1(Cc2ccccc2F)CCCN(C(=O)COC)C1. The van der Waals surface area contributed by atoms with Crippen LogP contribution in [-0.2, 0) is 25.5 Å². The van der Waals surface area contributed by atoms with Gasteiger partial charge in [0.2, 0.25) is 5.91 Å². The summed E-state index contributed by atoms with van der Waals surface area (Å²) in [6, 6.07) is 6.41. The smallest absolute Gasteiger partial charge is 0.314 e. The fraction of sp³-hybridized carbons (Fsp3) is 0.556. The minimum atomic E-state index is -0.917. The van der Waals surface area contributed by atoms with Crippen LogP contribution in [-0.4, -0.2) is 50.2 Å². The van der Waals surface area contributed by atoms with Gasteiger partial charge in [-0.1, -0.05) is 18.2 Å². The maximum Gasteiger partial charge on any atom is 0.314 e. The van der Waals surface area contributed by atoms with Gasteiger partial charge in [0.1, 0.15) is 12.4 Å². The summed E-state index contributed by atoms with van der Waals surface area (Å²) >= 11 is 0. The Morgan fingerprint density at radius 1 is 1.33 bits per heavy atom. The van der Waals surface area contributed by atoms with E-state index < -0.39 is 5.41 Å². The average molecular weight is 337 g/mol. The van der Waals surface area contributed by atoms with Crippen molar-refractivity contribution in [3.05, 3.63) is 35.6 Å². The molecule has 2 rings (SSSR count). The van der Waals surface area contributed by atoms with E-state index in [4.69, 9.17) is 9.47 Å². The van der Waals surface area contributed by atoms with Crippen molar-refractivity contribution in [1.82, 2.24) is 4.90 Å². The van der Waals surface area contributed by atoms with E-state index in [9.17, 15) is 14.0 Å². The van der Waals surface area contributed by atoms with E-state index in [0.29, 0.717) is 24.9 Å². The average Bonchev–Trinajstić information content (AvgIpc) is 2.57. The lowest BCUT2D eigenvalue weighted by Crippen LogP contribution is -2.52. The van der Waals surface area contributed by atoms with Crippen molar-refractivity contribution in [2.24, 2.45) is 5.41 Å². The lowest BCUT2D eigenvalue weighted by atomic mass is 9.75. The minimum Gasteiger partial charge on any atom is -0.466 e. The van der Waals surface area contributed by atoms with Gasteiger partial charge in [0.05, 0.1) is 12.0 Å². The predicted molar refractivity (Wildman–Crippen MR) is 86.9 cm³/mol. The predicted octanol–water partition coefficient (Wildman–Crippen LogP) is 2.19. The van der Waals surface area contributed by atoms with Gasteiger partial charge in [-0.25, -0.2) is 4.39 Å². The number of methoxy groups -OCH3 is 1. The van der Waals surface area contributed by atoms with Crippen LogP contribution in [0.4, 0.5) is 4.39 Å². The number of amides is 1. The van der Waals surface area contributed by atoms with Crippen LogP contribution in [0.2, 0.25) is 0 Å². The van der Waals surface area contributed by atoms with Gasteiger partial charge in [-0.05, 0) is 37.8 Å². The van der Waals surface area contributed by atoms with Gasteiger partial charge in [-0.15, -0.1) is 0 Å². The molecule has 0 saturated carbocycles. The first-order valence-corrected chi connectivity index (χ1v) is 8.20. The lowest BCUT2D eigenvalue weighted by molar-refractivity contribution is -0.161. The van der Waals surface area contributed by atoms with Crippen molar-refractivity contribution >= 4 is 11.9 Å². The van der Waals surface area contributed by atoms with Gasteiger partial charge in [0.15, 0.2) is 0 Å². The Kier molecular flexibility index (Phi) is 6.31. The number of halogens is 1. The molecule has 0 N–H and O–H groups in total. The molecule has 1 atom stereocenters. The molecule has 1 heterocycles. The van der Waals surface area contributed by atoms with Gasteiger partial charge in [0.25, 0.3) is 0 Å². The highest BCUT2D eigenvalue weighted by atomic mass is 19.1. The molecule has 1 aromatic carbocycles. The number of carbonyl (C=O) groups is 2. The van der Waals surface area contributed by atoms with Crippen molar-refractivity contribution in [3.8, 4) is 0 Å². The number of hydrogen-bond donors (Lipinski definition) is 0. The molecule has 6 heteroatoms. The first-order chi connectivity index (χ1) is 11.5. The summed E-state index contributed by atoms with van der Waals surface area (Å²) in [5.74, 6) is -0.885. The number of carbonyl (C=O) groups excluding carboxylic acids is 2. The Hall–Kier alpha value is -1.95. The molecule has 0 radical (unpaired) electrons. The van der Waals surface area contributed by atoms with Crippen LogP contribution in [0.15, 0.2) is 24.3 Å². The normalized spacial score (nSPS) is 20.7. The number of likely N-dealkylation sites (tertiary alicyclic amines) is 1. The van der Waals surface area contributed by atoms with Gasteiger partial charge in [0, 0.05) is 20.2 Å². The Morgan fingerprint density at radius 2 is 2.08 bits per heavy atom. The van der Waals surface area contributed by atoms with Crippen LogP contribution < -0.4 is 0 Å². The summed E-state index contributed by atoms with van der Waals surface area (Å²) in [5, 5.41) is 0. The van der Waals surface area contributed by atoms with Crippen molar-refractivity contribution in [3.63, 3.8) is 0 Å². The first kappa shape index (κ1) is 18.4. The van der Waals surface area contributed by atoms with Crippen LogP contribution >= 0.6 is 0 Å². The molecule has 1 amide bonds. The summed E-state index contributed by atoms with van der Waals surface area (Å²) in [5.41, 5.74) is -0.452.